The quantitative estimate of drug-likeness (QED) is 0.724. The van der Waals surface area contributed by atoms with E-state index in [1.807, 2.05) is 0 Å². The van der Waals surface area contributed by atoms with E-state index in [0.717, 1.165) is 5.56 Å². The van der Waals surface area contributed by atoms with Crippen LogP contribution in [0.4, 0.5) is 0 Å². The van der Waals surface area contributed by atoms with E-state index >= 15 is 0 Å². The third kappa shape index (κ3) is 3.56. The molecular formula is C12H16ClNO. The number of carbonyl (C=O) groups is 1. The molecule has 0 saturated carbocycles. The van der Waals surface area contributed by atoms with E-state index in [0.29, 0.717) is 6.54 Å². The molecule has 82 valence electrons. The molecule has 0 radical (unpaired) electrons. The molecule has 15 heavy (non-hydrogen) atoms. The summed E-state index contributed by atoms with van der Waals surface area (Å²) in [5.41, 5.74) is 3.59. The molecule has 0 bridgehead atoms. The molecule has 0 spiro atoms. The maximum absolute atomic E-state index is 11.3. The van der Waals surface area contributed by atoms with Crippen molar-refractivity contribution >= 4 is 17.5 Å². The van der Waals surface area contributed by atoms with Crippen LogP contribution < -0.4 is 0 Å². The summed E-state index contributed by atoms with van der Waals surface area (Å²) in [5.74, 6) is -0.00258. The van der Waals surface area contributed by atoms with Crippen LogP contribution in [-0.4, -0.2) is 23.7 Å². The van der Waals surface area contributed by atoms with E-state index in [-0.39, 0.29) is 11.8 Å². The van der Waals surface area contributed by atoms with Gasteiger partial charge < -0.3 is 4.90 Å². The minimum atomic E-state index is -0.0455. The Hall–Kier alpha value is -1.02. The van der Waals surface area contributed by atoms with E-state index in [1.165, 1.54) is 11.1 Å². The molecule has 0 N–H and O–H groups in total. The van der Waals surface area contributed by atoms with Crippen molar-refractivity contribution in [2.45, 2.75) is 20.4 Å². The highest BCUT2D eigenvalue weighted by atomic mass is 35.5. The van der Waals surface area contributed by atoms with Gasteiger partial charge in [-0.05, 0) is 19.4 Å². The van der Waals surface area contributed by atoms with Crippen molar-refractivity contribution in [3.8, 4) is 0 Å². The molecule has 1 aromatic carbocycles. The minimum absolute atomic E-state index is 0.0430. The Kier molecular flexibility index (Phi) is 4.15. The maximum Gasteiger partial charge on any atom is 0.237 e. The van der Waals surface area contributed by atoms with Gasteiger partial charge in [-0.25, -0.2) is 0 Å². The maximum atomic E-state index is 11.3. The van der Waals surface area contributed by atoms with E-state index in [9.17, 15) is 4.79 Å². The summed E-state index contributed by atoms with van der Waals surface area (Å²) in [4.78, 5) is 12.9. The van der Waals surface area contributed by atoms with Gasteiger partial charge in [-0.2, -0.15) is 0 Å². The Balaban J connectivity index is 2.76. The molecule has 2 nitrogen and oxygen atoms in total. The highest BCUT2D eigenvalue weighted by Crippen LogP contribution is 2.10. The molecule has 0 fully saturated rings. The van der Waals surface area contributed by atoms with Crippen LogP contribution in [-0.2, 0) is 11.3 Å². The number of aryl methyl sites for hydroxylation is 2. The summed E-state index contributed by atoms with van der Waals surface area (Å²) in [6.07, 6.45) is 0. The zero-order valence-corrected chi connectivity index (χ0v) is 10.1. The van der Waals surface area contributed by atoms with Gasteiger partial charge in [0.2, 0.25) is 5.91 Å². The molecule has 3 heteroatoms. The first-order chi connectivity index (χ1) is 7.02. The molecule has 0 unspecified atom stereocenters. The molecule has 0 saturated heterocycles. The van der Waals surface area contributed by atoms with Crippen LogP contribution in [0.25, 0.3) is 0 Å². The van der Waals surface area contributed by atoms with Crippen molar-refractivity contribution in [2.24, 2.45) is 0 Å². The number of alkyl halides is 1. The molecule has 1 rings (SSSR count). The van der Waals surface area contributed by atoms with Gasteiger partial charge >= 0.3 is 0 Å². The van der Waals surface area contributed by atoms with Crippen LogP contribution in [0.1, 0.15) is 16.7 Å². The highest BCUT2D eigenvalue weighted by molar-refractivity contribution is 6.27. The van der Waals surface area contributed by atoms with Gasteiger partial charge in [-0.3, -0.25) is 4.79 Å². The molecular weight excluding hydrogens is 210 g/mol. The van der Waals surface area contributed by atoms with Crippen molar-refractivity contribution in [2.75, 3.05) is 12.9 Å². The lowest BCUT2D eigenvalue weighted by Crippen LogP contribution is -2.27. The summed E-state index contributed by atoms with van der Waals surface area (Å²) in [6.45, 7) is 4.73. The number of halogens is 1. The molecule has 0 aliphatic heterocycles. The number of hydrogen-bond donors (Lipinski definition) is 0. The van der Waals surface area contributed by atoms with Gasteiger partial charge in [-0.15, -0.1) is 11.6 Å². The summed E-state index contributed by atoms with van der Waals surface area (Å²) in [7, 11) is 1.77. The Labute approximate surface area is 95.8 Å². The monoisotopic (exact) mass is 225 g/mol. The summed E-state index contributed by atoms with van der Waals surface area (Å²) in [5, 5.41) is 0. The number of carbonyl (C=O) groups excluding carboxylic acids is 1. The van der Waals surface area contributed by atoms with Crippen LogP contribution in [0.15, 0.2) is 18.2 Å². The molecule has 0 heterocycles. The largest absolute Gasteiger partial charge is 0.340 e. The first-order valence-corrected chi connectivity index (χ1v) is 5.43. The number of hydrogen-bond acceptors (Lipinski definition) is 1. The summed E-state index contributed by atoms with van der Waals surface area (Å²) < 4.78 is 0. The first-order valence-electron chi connectivity index (χ1n) is 4.90. The predicted octanol–water partition coefficient (Wildman–Crippen LogP) is 2.50. The Bertz CT molecular complexity index is 342. The first kappa shape index (κ1) is 12.1. The lowest BCUT2D eigenvalue weighted by Gasteiger charge is -2.16. The van der Waals surface area contributed by atoms with Crippen molar-refractivity contribution in [1.82, 2.24) is 4.90 Å². The third-order valence-corrected chi connectivity index (χ3v) is 2.47. The second-order valence-corrected chi connectivity index (χ2v) is 4.15. The van der Waals surface area contributed by atoms with Crippen molar-refractivity contribution in [1.29, 1.82) is 0 Å². The van der Waals surface area contributed by atoms with E-state index in [4.69, 9.17) is 11.6 Å². The Morgan fingerprint density at radius 2 is 1.80 bits per heavy atom. The lowest BCUT2D eigenvalue weighted by atomic mass is 10.1. The van der Waals surface area contributed by atoms with Crippen LogP contribution >= 0.6 is 11.6 Å². The standard InChI is InChI=1S/C12H16ClNO/c1-9-4-10(2)6-11(5-9)8-14(3)12(15)7-13/h4-6H,7-8H2,1-3H3. The fourth-order valence-electron chi connectivity index (χ4n) is 1.62. The molecule has 1 amide bonds. The summed E-state index contributed by atoms with van der Waals surface area (Å²) >= 11 is 5.48. The zero-order chi connectivity index (χ0) is 11.4. The predicted molar refractivity (Wildman–Crippen MR) is 63.1 cm³/mol. The van der Waals surface area contributed by atoms with Crippen LogP contribution in [0.3, 0.4) is 0 Å². The Morgan fingerprint density at radius 1 is 1.27 bits per heavy atom. The van der Waals surface area contributed by atoms with Crippen LogP contribution in [0.5, 0.6) is 0 Å². The topological polar surface area (TPSA) is 20.3 Å². The van der Waals surface area contributed by atoms with Gasteiger partial charge in [-0.1, -0.05) is 29.3 Å². The van der Waals surface area contributed by atoms with Gasteiger partial charge in [0, 0.05) is 13.6 Å². The van der Waals surface area contributed by atoms with Crippen molar-refractivity contribution < 1.29 is 4.79 Å². The number of rotatable bonds is 3. The zero-order valence-electron chi connectivity index (χ0n) is 9.38. The fourth-order valence-corrected chi connectivity index (χ4v) is 1.83. The number of amides is 1. The van der Waals surface area contributed by atoms with E-state index < -0.39 is 0 Å². The molecule has 0 aliphatic rings. The smallest absolute Gasteiger partial charge is 0.237 e. The number of benzene rings is 1. The summed E-state index contributed by atoms with van der Waals surface area (Å²) in [6, 6.07) is 6.29. The average molecular weight is 226 g/mol. The second-order valence-electron chi connectivity index (χ2n) is 3.88. The van der Waals surface area contributed by atoms with E-state index in [2.05, 4.69) is 32.0 Å². The molecule has 0 aromatic heterocycles. The van der Waals surface area contributed by atoms with Gasteiger partial charge in [0.1, 0.15) is 5.88 Å². The van der Waals surface area contributed by atoms with Crippen molar-refractivity contribution in [3.63, 3.8) is 0 Å². The van der Waals surface area contributed by atoms with Gasteiger partial charge in [0.05, 0.1) is 0 Å². The SMILES string of the molecule is Cc1cc(C)cc(CN(C)C(=O)CCl)c1. The van der Waals surface area contributed by atoms with Gasteiger partial charge in [0.25, 0.3) is 0 Å². The minimum Gasteiger partial charge on any atom is -0.340 e. The van der Waals surface area contributed by atoms with Gasteiger partial charge in [0.15, 0.2) is 0 Å². The lowest BCUT2D eigenvalue weighted by molar-refractivity contribution is -0.127. The molecule has 1 aromatic rings. The normalized spacial score (nSPS) is 10.1. The Morgan fingerprint density at radius 3 is 2.27 bits per heavy atom. The third-order valence-electron chi connectivity index (χ3n) is 2.24. The van der Waals surface area contributed by atoms with Crippen LogP contribution in [0, 0.1) is 13.8 Å². The van der Waals surface area contributed by atoms with E-state index in [1.54, 1.807) is 11.9 Å². The highest BCUT2D eigenvalue weighted by Gasteiger charge is 2.07. The van der Waals surface area contributed by atoms with Crippen LogP contribution in [0.2, 0.25) is 0 Å². The molecule has 0 atom stereocenters. The number of nitrogens with zero attached hydrogens (tertiary/aromatic N) is 1. The fraction of sp³-hybridized carbons (Fsp3) is 0.417. The average Bonchev–Trinajstić information content (AvgIpc) is 2.14. The van der Waals surface area contributed by atoms with Crippen molar-refractivity contribution in [3.05, 3.63) is 34.9 Å². The second kappa shape index (κ2) is 5.17. The molecule has 0 aliphatic carbocycles.